The van der Waals surface area contributed by atoms with Gasteiger partial charge in [0, 0.05) is 17.0 Å². The van der Waals surface area contributed by atoms with Crippen LogP contribution < -0.4 is 20.5 Å². The van der Waals surface area contributed by atoms with Gasteiger partial charge in [-0.05, 0) is 36.1 Å². The van der Waals surface area contributed by atoms with Crippen molar-refractivity contribution in [1.82, 2.24) is 5.32 Å². The number of methoxy groups -OCH3 is 1. The summed E-state index contributed by atoms with van der Waals surface area (Å²) in [6, 6.07) is 8.77. The summed E-state index contributed by atoms with van der Waals surface area (Å²) in [6.07, 6.45) is 0.792. The number of nitrogens with one attached hydrogen (secondary N) is 1. The first kappa shape index (κ1) is 16.8. The summed E-state index contributed by atoms with van der Waals surface area (Å²) >= 11 is 1.66. The lowest BCUT2D eigenvalue weighted by Gasteiger charge is -2.11. The average Bonchev–Trinajstić information content (AvgIpc) is 3.05. The van der Waals surface area contributed by atoms with Crippen LogP contribution in [-0.2, 0) is 11.2 Å². The number of primary amides is 1. The van der Waals surface area contributed by atoms with Gasteiger partial charge >= 0.3 is 0 Å². The van der Waals surface area contributed by atoms with Crippen LogP contribution in [0.15, 0.2) is 35.7 Å². The van der Waals surface area contributed by atoms with Crippen LogP contribution in [0.2, 0.25) is 0 Å². The summed E-state index contributed by atoms with van der Waals surface area (Å²) < 4.78 is 10.4. The quantitative estimate of drug-likeness (QED) is 0.767. The van der Waals surface area contributed by atoms with Crippen molar-refractivity contribution in [1.29, 1.82) is 0 Å². The molecule has 7 heteroatoms. The Morgan fingerprint density at radius 2 is 2.09 bits per heavy atom. The van der Waals surface area contributed by atoms with E-state index in [0.717, 1.165) is 6.42 Å². The molecule has 0 aliphatic rings. The molecule has 1 aromatic carbocycles. The average molecular weight is 334 g/mol. The Kier molecular flexibility index (Phi) is 5.99. The lowest BCUT2D eigenvalue weighted by Crippen LogP contribution is -2.25. The summed E-state index contributed by atoms with van der Waals surface area (Å²) in [5, 5.41) is 4.86. The van der Waals surface area contributed by atoms with Crippen molar-refractivity contribution in [3.63, 3.8) is 0 Å². The molecule has 2 aromatic rings. The molecule has 3 N–H and O–H groups in total. The van der Waals surface area contributed by atoms with Gasteiger partial charge in [-0.15, -0.1) is 11.3 Å². The zero-order valence-corrected chi connectivity index (χ0v) is 13.5. The zero-order chi connectivity index (χ0) is 16.7. The Bertz CT molecular complexity index is 671. The molecular formula is C16H18N2O4S. The normalized spacial score (nSPS) is 10.1. The smallest absolute Gasteiger partial charge is 0.255 e. The van der Waals surface area contributed by atoms with Crippen molar-refractivity contribution in [3.8, 4) is 11.5 Å². The minimum atomic E-state index is -0.581. The number of ether oxygens (including phenoxy) is 2. The predicted molar refractivity (Wildman–Crippen MR) is 88.0 cm³/mol. The molecular weight excluding hydrogens is 316 g/mol. The van der Waals surface area contributed by atoms with Crippen LogP contribution in [0.3, 0.4) is 0 Å². The van der Waals surface area contributed by atoms with Crippen LogP contribution in [0.1, 0.15) is 15.2 Å². The van der Waals surface area contributed by atoms with E-state index in [-0.39, 0.29) is 12.5 Å². The van der Waals surface area contributed by atoms with E-state index in [0.29, 0.717) is 23.6 Å². The third-order valence-electron chi connectivity index (χ3n) is 3.03. The molecule has 0 spiro atoms. The molecule has 0 bridgehead atoms. The van der Waals surface area contributed by atoms with Gasteiger partial charge in [0.25, 0.3) is 11.8 Å². The topological polar surface area (TPSA) is 90.7 Å². The van der Waals surface area contributed by atoms with Crippen LogP contribution in [0.4, 0.5) is 0 Å². The summed E-state index contributed by atoms with van der Waals surface area (Å²) in [5.74, 6) is -0.0395. The van der Waals surface area contributed by atoms with E-state index in [1.807, 2.05) is 17.5 Å². The molecule has 0 saturated carbocycles. The molecule has 0 saturated heterocycles. The fourth-order valence-electron chi connectivity index (χ4n) is 1.93. The van der Waals surface area contributed by atoms with Crippen molar-refractivity contribution in [2.75, 3.05) is 20.3 Å². The highest BCUT2D eigenvalue weighted by atomic mass is 32.1. The second-order valence-corrected chi connectivity index (χ2v) is 5.74. The highest BCUT2D eigenvalue weighted by molar-refractivity contribution is 7.09. The summed E-state index contributed by atoms with van der Waals surface area (Å²) in [4.78, 5) is 24.1. The predicted octanol–water partition coefficient (Wildman–Crippen LogP) is 1.59. The molecule has 0 atom stereocenters. The Morgan fingerprint density at radius 3 is 2.74 bits per heavy atom. The van der Waals surface area contributed by atoms with E-state index >= 15 is 0 Å². The Labute approximate surface area is 138 Å². The lowest BCUT2D eigenvalue weighted by molar-refractivity contribution is -0.119. The molecule has 0 unspecified atom stereocenters. The van der Waals surface area contributed by atoms with E-state index < -0.39 is 5.91 Å². The van der Waals surface area contributed by atoms with E-state index in [1.54, 1.807) is 29.5 Å². The van der Waals surface area contributed by atoms with Crippen molar-refractivity contribution in [3.05, 3.63) is 46.2 Å². The van der Waals surface area contributed by atoms with Crippen LogP contribution in [-0.4, -0.2) is 32.1 Å². The minimum Gasteiger partial charge on any atom is -0.493 e. The van der Waals surface area contributed by atoms with Crippen LogP contribution >= 0.6 is 11.3 Å². The van der Waals surface area contributed by atoms with Gasteiger partial charge in [-0.1, -0.05) is 6.07 Å². The first-order valence-electron chi connectivity index (χ1n) is 7.00. The Morgan fingerprint density at radius 1 is 1.26 bits per heavy atom. The first-order valence-corrected chi connectivity index (χ1v) is 7.88. The minimum absolute atomic E-state index is 0.193. The monoisotopic (exact) mass is 334 g/mol. The molecule has 2 rings (SSSR count). The molecule has 0 aliphatic heterocycles. The number of benzene rings is 1. The summed E-state index contributed by atoms with van der Waals surface area (Å²) in [5.41, 5.74) is 5.49. The van der Waals surface area contributed by atoms with Crippen LogP contribution in [0, 0.1) is 0 Å². The van der Waals surface area contributed by atoms with Crippen molar-refractivity contribution < 1.29 is 19.1 Å². The second-order valence-electron chi connectivity index (χ2n) is 4.71. The van der Waals surface area contributed by atoms with Crippen molar-refractivity contribution in [2.45, 2.75) is 6.42 Å². The van der Waals surface area contributed by atoms with E-state index in [2.05, 4.69) is 5.32 Å². The number of amides is 2. The number of rotatable bonds is 8. The van der Waals surface area contributed by atoms with Gasteiger partial charge in [-0.25, -0.2) is 0 Å². The summed E-state index contributed by atoms with van der Waals surface area (Å²) in [7, 11) is 1.46. The van der Waals surface area contributed by atoms with Gasteiger partial charge in [-0.2, -0.15) is 0 Å². The maximum absolute atomic E-state index is 12.1. The Hall–Kier alpha value is -2.54. The number of thiophene rings is 1. The molecule has 0 fully saturated rings. The zero-order valence-electron chi connectivity index (χ0n) is 12.7. The molecule has 6 nitrogen and oxygen atoms in total. The molecule has 2 amide bonds. The van der Waals surface area contributed by atoms with Gasteiger partial charge in [0.2, 0.25) is 0 Å². The largest absolute Gasteiger partial charge is 0.493 e. The molecule has 122 valence electrons. The SMILES string of the molecule is COc1cc(C(=O)NCCc2cccs2)ccc1OCC(N)=O. The lowest BCUT2D eigenvalue weighted by atomic mass is 10.2. The standard InChI is InChI=1S/C16H18N2O4S/c1-21-14-9-11(4-5-13(14)22-10-15(17)19)16(20)18-7-6-12-3-2-8-23-12/h2-5,8-9H,6-7,10H2,1H3,(H2,17,19)(H,18,20). The maximum atomic E-state index is 12.1. The second kappa shape index (κ2) is 8.19. The number of hydrogen-bond acceptors (Lipinski definition) is 5. The fraction of sp³-hybridized carbons (Fsp3) is 0.250. The highest BCUT2D eigenvalue weighted by Gasteiger charge is 2.11. The third-order valence-corrected chi connectivity index (χ3v) is 3.97. The first-order chi connectivity index (χ1) is 11.1. The number of carbonyl (C=O) groups excluding carboxylic acids is 2. The molecule has 0 radical (unpaired) electrons. The van der Waals surface area contributed by atoms with E-state index in [1.165, 1.54) is 12.0 Å². The summed E-state index contributed by atoms with van der Waals surface area (Å²) in [6.45, 7) is 0.310. The number of carbonyl (C=O) groups is 2. The fourth-order valence-corrected chi connectivity index (χ4v) is 2.64. The van der Waals surface area contributed by atoms with Crippen LogP contribution in [0.5, 0.6) is 11.5 Å². The van der Waals surface area contributed by atoms with Gasteiger partial charge in [0.05, 0.1) is 7.11 Å². The van der Waals surface area contributed by atoms with Gasteiger partial charge in [0.1, 0.15) is 0 Å². The van der Waals surface area contributed by atoms with Gasteiger partial charge in [0.15, 0.2) is 18.1 Å². The third kappa shape index (κ3) is 5.00. The molecule has 0 aliphatic carbocycles. The molecule has 1 aromatic heterocycles. The van der Waals surface area contributed by atoms with Gasteiger partial charge < -0.3 is 20.5 Å². The Balaban J connectivity index is 1.95. The number of nitrogens with two attached hydrogens (primary N) is 1. The maximum Gasteiger partial charge on any atom is 0.255 e. The van der Waals surface area contributed by atoms with Crippen LogP contribution in [0.25, 0.3) is 0 Å². The highest BCUT2D eigenvalue weighted by Crippen LogP contribution is 2.28. The van der Waals surface area contributed by atoms with E-state index in [9.17, 15) is 9.59 Å². The number of hydrogen-bond donors (Lipinski definition) is 2. The van der Waals surface area contributed by atoms with Crippen molar-refractivity contribution in [2.24, 2.45) is 5.73 Å². The molecule has 23 heavy (non-hydrogen) atoms. The molecule has 1 heterocycles. The van der Waals surface area contributed by atoms with Crippen molar-refractivity contribution >= 4 is 23.2 Å². The van der Waals surface area contributed by atoms with Gasteiger partial charge in [-0.3, -0.25) is 9.59 Å². The van der Waals surface area contributed by atoms with E-state index in [4.69, 9.17) is 15.2 Å².